The molecule has 0 spiro atoms. The smallest absolute Gasteiger partial charge is 0.297 e. The van der Waals surface area contributed by atoms with E-state index >= 15 is 0 Å². The van der Waals surface area contributed by atoms with Gasteiger partial charge < -0.3 is 0 Å². The Morgan fingerprint density at radius 2 is 1.70 bits per heavy atom. The summed E-state index contributed by atoms with van der Waals surface area (Å²) in [6, 6.07) is 16.7. The first-order valence-corrected chi connectivity index (χ1v) is 9.21. The molecule has 1 aliphatic heterocycles. The molecule has 6 heteroatoms. The van der Waals surface area contributed by atoms with Crippen LogP contribution < -0.4 is 0 Å². The van der Waals surface area contributed by atoms with Gasteiger partial charge in [0.05, 0.1) is 0 Å². The third-order valence-electron chi connectivity index (χ3n) is 4.25. The van der Waals surface area contributed by atoms with Crippen molar-refractivity contribution in [2.75, 3.05) is 13.1 Å². The number of hydrogen-bond donors (Lipinski definition) is 0. The van der Waals surface area contributed by atoms with Crippen molar-refractivity contribution in [2.24, 2.45) is 0 Å². The molecule has 3 nitrogen and oxygen atoms in total. The first-order valence-electron chi connectivity index (χ1n) is 7.39. The summed E-state index contributed by atoms with van der Waals surface area (Å²) in [6.07, 6.45) is 0. The first kappa shape index (κ1) is 16.4. The highest BCUT2D eigenvalue weighted by Gasteiger charge is 2.42. The summed E-state index contributed by atoms with van der Waals surface area (Å²) in [5.74, 6) is -0.383. The third-order valence-corrected chi connectivity index (χ3v) is 5.70. The van der Waals surface area contributed by atoms with Crippen molar-refractivity contribution in [2.45, 2.75) is 17.7 Å². The van der Waals surface area contributed by atoms with Crippen LogP contribution >= 0.6 is 11.6 Å². The lowest BCUT2D eigenvalue weighted by Gasteiger charge is -2.16. The monoisotopic (exact) mass is 353 g/mol. The lowest BCUT2D eigenvalue weighted by Crippen LogP contribution is -2.26. The average Bonchev–Trinajstić information content (AvgIpc) is 2.93. The molecule has 1 fully saturated rings. The summed E-state index contributed by atoms with van der Waals surface area (Å²) in [4.78, 5) is 1.98. The molecule has 0 radical (unpaired) electrons. The Hall–Kier alpha value is -1.43. The van der Waals surface area contributed by atoms with Crippen molar-refractivity contribution in [1.82, 2.24) is 4.90 Å². The van der Waals surface area contributed by atoms with Crippen LogP contribution in [0, 0.1) is 0 Å². The summed E-state index contributed by atoms with van der Waals surface area (Å²) in [7, 11) is -4.61. The molecule has 122 valence electrons. The number of hydrogen-bond acceptors (Lipinski definition) is 3. The van der Waals surface area contributed by atoms with Gasteiger partial charge in [-0.25, -0.2) is 0 Å². The molecule has 2 aromatic carbocycles. The average molecular weight is 354 g/mol. The highest BCUT2D eigenvalue weighted by molar-refractivity contribution is 7.87. The van der Waals surface area contributed by atoms with E-state index < -0.39 is 15.5 Å². The van der Waals surface area contributed by atoms with Gasteiger partial charge in [-0.15, -0.1) is 3.89 Å². The van der Waals surface area contributed by atoms with E-state index in [1.807, 2.05) is 35.2 Å². The zero-order valence-electron chi connectivity index (χ0n) is 12.4. The van der Waals surface area contributed by atoms with Crippen LogP contribution in [0.15, 0.2) is 54.6 Å². The molecule has 2 atom stereocenters. The van der Waals surface area contributed by atoms with Crippen molar-refractivity contribution >= 4 is 21.8 Å². The van der Waals surface area contributed by atoms with Gasteiger partial charge in [0.1, 0.15) is 5.25 Å². The number of likely N-dealkylation sites (tertiary alicyclic amines) is 1. The quantitative estimate of drug-likeness (QED) is 0.788. The lowest BCUT2D eigenvalue weighted by atomic mass is 9.98. The highest BCUT2D eigenvalue weighted by Crippen LogP contribution is 2.34. The van der Waals surface area contributed by atoms with E-state index in [1.54, 1.807) is 24.3 Å². The van der Waals surface area contributed by atoms with Crippen LogP contribution in [-0.4, -0.2) is 31.7 Å². The van der Waals surface area contributed by atoms with Gasteiger partial charge in [0, 0.05) is 30.6 Å². The van der Waals surface area contributed by atoms with E-state index in [0.717, 1.165) is 11.1 Å². The second kappa shape index (κ2) is 6.59. The normalized spacial score (nSPS) is 22.3. The Kier molecular flexibility index (Phi) is 4.71. The van der Waals surface area contributed by atoms with E-state index in [9.17, 15) is 12.3 Å². The minimum absolute atomic E-state index is 0.195. The fraction of sp³-hybridized carbons (Fsp3) is 0.294. The Labute approximate surface area is 140 Å². The molecule has 2 aromatic rings. The Morgan fingerprint density at radius 1 is 1.04 bits per heavy atom. The number of benzene rings is 2. The molecule has 0 aliphatic carbocycles. The summed E-state index contributed by atoms with van der Waals surface area (Å²) >= 11 is 5.88. The Bertz CT molecular complexity index is 765. The maximum Gasteiger partial charge on any atom is 0.307 e. The minimum atomic E-state index is -4.61. The molecule has 0 saturated carbocycles. The molecular weight excluding hydrogens is 337 g/mol. The minimum Gasteiger partial charge on any atom is -0.297 e. The van der Waals surface area contributed by atoms with Crippen LogP contribution in [0.5, 0.6) is 0 Å². The summed E-state index contributed by atoms with van der Waals surface area (Å²) in [6.45, 7) is 1.31. The van der Waals surface area contributed by atoms with E-state index in [1.165, 1.54) is 0 Å². The Balaban J connectivity index is 1.84. The predicted molar refractivity (Wildman–Crippen MR) is 89.7 cm³/mol. The molecule has 23 heavy (non-hydrogen) atoms. The van der Waals surface area contributed by atoms with Gasteiger partial charge in [-0.05, 0) is 23.3 Å². The molecule has 1 heterocycles. The van der Waals surface area contributed by atoms with E-state index in [-0.39, 0.29) is 12.5 Å². The highest BCUT2D eigenvalue weighted by atomic mass is 35.5. The molecule has 3 rings (SSSR count). The van der Waals surface area contributed by atoms with Crippen molar-refractivity contribution < 1.29 is 12.3 Å². The topological polar surface area (TPSA) is 37.4 Å². The van der Waals surface area contributed by atoms with Gasteiger partial charge in [-0.1, -0.05) is 54.1 Å². The van der Waals surface area contributed by atoms with Crippen LogP contribution in [0.1, 0.15) is 17.0 Å². The van der Waals surface area contributed by atoms with E-state index in [4.69, 9.17) is 11.6 Å². The fourth-order valence-electron chi connectivity index (χ4n) is 3.14. The molecule has 0 amide bonds. The maximum absolute atomic E-state index is 13.7. The number of halogens is 2. The predicted octanol–water partition coefficient (Wildman–Crippen LogP) is 3.61. The molecule has 0 bridgehead atoms. The van der Waals surface area contributed by atoms with Gasteiger partial charge in [0.2, 0.25) is 0 Å². The summed E-state index contributed by atoms with van der Waals surface area (Å²) in [5, 5.41) is -0.458. The van der Waals surface area contributed by atoms with E-state index in [0.29, 0.717) is 18.1 Å². The number of nitrogens with zero attached hydrogens (tertiary/aromatic N) is 1. The van der Waals surface area contributed by atoms with Gasteiger partial charge >= 0.3 is 10.2 Å². The molecular formula is C17H17ClFNO2S. The zero-order chi connectivity index (χ0) is 16.4. The van der Waals surface area contributed by atoms with Crippen molar-refractivity contribution in [3.63, 3.8) is 0 Å². The van der Waals surface area contributed by atoms with Crippen molar-refractivity contribution in [3.8, 4) is 0 Å². The molecule has 1 aliphatic rings. The zero-order valence-corrected chi connectivity index (χ0v) is 14.0. The SMILES string of the molecule is O=S(=O)(F)[C@H]1CN(Cc2ccccc2)C[C@H]1c1ccc(Cl)cc1. The van der Waals surface area contributed by atoms with Crippen LogP contribution in [-0.2, 0) is 16.8 Å². The van der Waals surface area contributed by atoms with Crippen molar-refractivity contribution in [3.05, 3.63) is 70.7 Å². The second-order valence-electron chi connectivity index (χ2n) is 5.85. The molecule has 1 saturated heterocycles. The third kappa shape index (κ3) is 3.91. The van der Waals surface area contributed by atoms with Crippen LogP contribution in [0.4, 0.5) is 3.89 Å². The van der Waals surface area contributed by atoms with Gasteiger partial charge in [0.15, 0.2) is 0 Å². The van der Waals surface area contributed by atoms with Crippen LogP contribution in [0.2, 0.25) is 5.02 Å². The lowest BCUT2D eigenvalue weighted by molar-refractivity contribution is 0.326. The largest absolute Gasteiger partial charge is 0.307 e. The van der Waals surface area contributed by atoms with Crippen molar-refractivity contribution in [1.29, 1.82) is 0 Å². The summed E-state index contributed by atoms with van der Waals surface area (Å²) in [5.41, 5.74) is 1.88. The first-order chi connectivity index (χ1) is 10.9. The fourth-order valence-corrected chi connectivity index (χ4v) is 4.29. The standard InChI is InChI=1S/C17H17ClFNO2S/c18-15-8-6-14(7-9-15)16-11-20(12-17(16)23(19,21)22)10-13-4-2-1-3-5-13/h1-9,16-17H,10-12H2/t16-,17-/m0/s1. The molecule has 0 aromatic heterocycles. The van der Waals surface area contributed by atoms with Gasteiger partial charge in [-0.2, -0.15) is 8.42 Å². The summed E-state index contributed by atoms with van der Waals surface area (Å²) < 4.78 is 36.9. The van der Waals surface area contributed by atoms with Crippen LogP contribution in [0.25, 0.3) is 0 Å². The maximum atomic E-state index is 13.7. The Morgan fingerprint density at radius 3 is 2.30 bits per heavy atom. The second-order valence-corrected chi connectivity index (χ2v) is 7.84. The van der Waals surface area contributed by atoms with Crippen LogP contribution in [0.3, 0.4) is 0 Å². The van der Waals surface area contributed by atoms with Gasteiger partial charge in [0.25, 0.3) is 0 Å². The molecule has 0 N–H and O–H groups in total. The van der Waals surface area contributed by atoms with Gasteiger partial charge in [-0.3, -0.25) is 4.90 Å². The molecule has 0 unspecified atom stereocenters. The number of rotatable bonds is 4. The van der Waals surface area contributed by atoms with E-state index in [2.05, 4.69) is 0 Å².